The lowest BCUT2D eigenvalue weighted by molar-refractivity contribution is -0.110. The van der Waals surface area contributed by atoms with Gasteiger partial charge in [0.2, 0.25) is 0 Å². The van der Waals surface area contributed by atoms with Crippen molar-refractivity contribution in [1.82, 2.24) is 0 Å². The molecule has 0 N–H and O–H groups in total. The number of hydrogen-bond donors (Lipinski definition) is 0. The largest absolute Gasteiger partial charge is 0.290 e. The summed E-state index contributed by atoms with van der Waals surface area (Å²) in [6.45, 7) is 0. The lowest BCUT2D eigenvalue weighted by Crippen LogP contribution is -1.91. The Morgan fingerprint density at radius 2 is 1.00 bits per heavy atom. The Balaban J connectivity index is 2.17. The first-order valence-corrected chi connectivity index (χ1v) is 6.27. The van der Waals surface area contributed by atoms with E-state index in [4.69, 9.17) is 0 Å². The van der Waals surface area contributed by atoms with Crippen LogP contribution in [0.15, 0.2) is 48.6 Å². The molecule has 0 radical (unpaired) electrons. The van der Waals surface area contributed by atoms with E-state index in [2.05, 4.69) is 0 Å². The maximum Gasteiger partial charge on any atom is 0.178 e. The van der Waals surface area contributed by atoms with Crippen LogP contribution < -0.4 is 0 Å². The van der Waals surface area contributed by atoms with E-state index in [1.54, 1.807) is 0 Å². The molecule has 0 aromatic heterocycles. The van der Waals surface area contributed by atoms with Crippen LogP contribution in [0.4, 0.5) is 17.6 Å². The molecule has 2 rings (SSSR count). The highest BCUT2D eigenvalue weighted by atomic mass is 19.1. The van der Waals surface area contributed by atoms with Crippen LogP contribution in [0.25, 0.3) is 12.2 Å². The summed E-state index contributed by atoms with van der Waals surface area (Å²) in [5.74, 6) is -3.91. The second kappa shape index (κ2) is 6.85. The summed E-state index contributed by atoms with van der Waals surface area (Å²) in [6, 6.07) is 6.61. The third kappa shape index (κ3) is 3.69. The zero-order chi connectivity index (χ0) is 16.1. The minimum absolute atomic E-state index is 0.360. The second-order valence-electron chi connectivity index (χ2n) is 4.34. The van der Waals surface area contributed by atoms with Gasteiger partial charge in [0.25, 0.3) is 0 Å². The Kier molecular flexibility index (Phi) is 4.88. The standard InChI is InChI=1S/C17H10F4O/c18-14-3-1-4-15(19)12(14)9-7-11(22)8-10-13-16(20)5-2-6-17(13)21/h1-10H/b9-7+,10-8+. The number of rotatable bonds is 4. The van der Waals surface area contributed by atoms with Gasteiger partial charge in [-0.25, -0.2) is 17.6 Å². The molecule has 0 fully saturated rings. The van der Waals surface area contributed by atoms with Crippen LogP contribution in [0.3, 0.4) is 0 Å². The molecule has 0 atom stereocenters. The summed E-state index contributed by atoms with van der Waals surface area (Å²) in [6.07, 6.45) is 3.76. The van der Waals surface area contributed by atoms with E-state index in [9.17, 15) is 22.4 Å². The van der Waals surface area contributed by atoms with Gasteiger partial charge in [0.15, 0.2) is 5.78 Å². The molecule has 2 aromatic carbocycles. The van der Waals surface area contributed by atoms with E-state index in [0.717, 1.165) is 48.6 Å². The summed E-state index contributed by atoms with van der Waals surface area (Å²) in [5, 5.41) is 0. The number of carbonyl (C=O) groups excluding carboxylic acids is 1. The molecule has 0 aliphatic heterocycles. The number of benzene rings is 2. The van der Waals surface area contributed by atoms with Gasteiger partial charge >= 0.3 is 0 Å². The minimum atomic E-state index is -0.812. The highest BCUT2D eigenvalue weighted by molar-refractivity contribution is 6.04. The van der Waals surface area contributed by atoms with E-state index in [1.165, 1.54) is 12.1 Å². The molecule has 0 aliphatic rings. The summed E-state index contributed by atoms with van der Waals surface area (Å²) < 4.78 is 53.4. The molecule has 0 unspecified atom stereocenters. The molecule has 0 saturated carbocycles. The molecular formula is C17H10F4O. The van der Waals surface area contributed by atoms with Crippen molar-refractivity contribution in [2.45, 2.75) is 0 Å². The number of hydrogen-bond acceptors (Lipinski definition) is 1. The van der Waals surface area contributed by atoms with E-state index in [1.807, 2.05) is 0 Å². The predicted octanol–water partition coefficient (Wildman–Crippen LogP) is 4.54. The fourth-order valence-electron chi connectivity index (χ4n) is 1.73. The SMILES string of the molecule is O=C(/C=C/c1c(F)cccc1F)/C=C/c1c(F)cccc1F. The third-order valence-electron chi connectivity index (χ3n) is 2.83. The predicted molar refractivity (Wildman–Crippen MR) is 75.8 cm³/mol. The van der Waals surface area contributed by atoms with Crippen molar-refractivity contribution in [2.24, 2.45) is 0 Å². The topological polar surface area (TPSA) is 17.1 Å². The lowest BCUT2D eigenvalue weighted by atomic mass is 10.1. The van der Waals surface area contributed by atoms with Crippen LogP contribution in [0.5, 0.6) is 0 Å². The Labute approximate surface area is 124 Å². The van der Waals surface area contributed by atoms with Crippen molar-refractivity contribution in [3.05, 3.63) is 82.9 Å². The van der Waals surface area contributed by atoms with Crippen LogP contribution in [0.2, 0.25) is 0 Å². The van der Waals surface area contributed by atoms with Gasteiger partial charge in [-0.2, -0.15) is 0 Å². The first kappa shape index (κ1) is 15.7. The third-order valence-corrected chi connectivity index (χ3v) is 2.83. The van der Waals surface area contributed by atoms with E-state index < -0.39 is 29.1 Å². The average molecular weight is 306 g/mol. The van der Waals surface area contributed by atoms with E-state index in [0.29, 0.717) is 0 Å². The second-order valence-corrected chi connectivity index (χ2v) is 4.34. The zero-order valence-electron chi connectivity index (χ0n) is 11.2. The first-order chi connectivity index (χ1) is 10.5. The van der Waals surface area contributed by atoms with E-state index in [-0.39, 0.29) is 11.1 Å². The maximum atomic E-state index is 13.3. The zero-order valence-corrected chi connectivity index (χ0v) is 11.2. The van der Waals surface area contributed by atoms with Crippen LogP contribution in [-0.4, -0.2) is 5.78 Å². The number of allylic oxidation sites excluding steroid dienone is 2. The maximum absolute atomic E-state index is 13.3. The molecule has 112 valence electrons. The number of halogens is 4. The quantitative estimate of drug-likeness (QED) is 0.599. The normalized spacial score (nSPS) is 11.5. The molecule has 0 heterocycles. The smallest absolute Gasteiger partial charge is 0.178 e. The summed E-state index contributed by atoms with van der Waals surface area (Å²) >= 11 is 0. The summed E-state index contributed by atoms with van der Waals surface area (Å²) in [7, 11) is 0. The van der Waals surface area contributed by atoms with Gasteiger partial charge in [0.05, 0.1) is 0 Å². The molecule has 0 aliphatic carbocycles. The van der Waals surface area contributed by atoms with Crippen molar-refractivity contribution in [1.29, 1.82) is 0 Å². The Hall–Kier alpha value is -2.69. The van der Waals surface area contributed by atoms with Crippen molar-refractivity contribution in [3.63, 3.8) is 0 Å². The average Bonchev–Trinajstić information content (AvgIpc) is 2.46. The Bertz CT molecular complexity index is 659. The molecule has 22 heavy (non-hydrogen) atoms. The lowest BCUT2D eigenvalue weighted by Gasteiger charge is -1.98. The summed E-state index contributed by atoms with van der Waals surface area (Å²) in [4.78, 5) is 11.6. The van der Waals surface area contributed by atoms with Gasteiger partial charge in [-0.05, 0) is 48.6 Å². The van der Waals surface area contributed by atoms with E-state index >= 15 is 0 Å². The Morgan fingerprint density at radius 1 is 0.682 bits per heavy atom. The van der Waals surface area contributed by atoms with Crippen LogP contribution in [0.1, 0.15) is 11.1 Å². The molecule has 0 amide bonds. The number of ketones is 1. The van der Waals surface area contributed by atoms with Crippen molar-refractivity contribution < 1.29 is 22.4 Å². The fraction of sp³-hybridized carbons (Fsp3) is 0. The first-order valence-electron chi connectivity index (χ1n) is 6.27. The van der Waals surface area contributed by atoms with Crippen LogP contribution in [0, 0.1) is 23.3 Å². The van der Waals surface area contributed by atoms with Crippen molar-refractivity contribution in [2.75, 3.05) is 0 Å². The minimum Gasteiger partial charge on any atom is -0.290 e. The van der Waals surface area contributed by atoms with Crippen LogP contribution >= 0.6 is 0 Å². The highest BCUT2D eigenvalue weighted by Gasteiger charge is 2.06. The van der Waals surface area contributed by atoms with Gasteiger partial charge in [0, 0.05) is 11.1 Å². The Morgan fingerprint density at radius 3 is 1.32 bits per heavy atom. The molecule has 5 heteroatoms. The molecule has 0 saturated heterocycles. The van der Waals surface area contributed by atoms with Crippen molar-refractivity contribution in [3.8, 4) is 0 Å². The molecule has 1 nitrogen and oxygen atoms in total. The van der Waals surface area contributed by atoms with Gasteiger partial charge < -0.3 is 0 Å². The monoisotopic (exact) mass is 306 g/mol. The van der Waals surface area contributed by atoms with Gasteiger partial charge in [-0.15, -0.1) is 0 Å². The van der Waals surface area contributed by atoms with Gasteiger partial charge in [-0.3, -0.25) is 4.79 Å². The molecule has 0 spiro atoms. The highest BCUT2D eigenvalue weighted by Crippen LogP contribution is 2.15. The molecule has 0 bridgehead atoms. The molecule has 2 aromatic rings. The summed E-state index contributed by atoms with van der Waals surface area (Å²) in [5.41, 5.74) is -0.720. The molecular weight excluding hydrogens is 296 g/mol. The van der Waals surface area contributed by atoms with Gasteiger partial charge in [-0.1, -0.05) is 12.1 Å². The van der Waals surface area contributed by atoms with Gasteiger partial charge in [0.1, 0.15) is 23.3 Å². The van der Waals surface area contributed by atoms with Crippen LogP contribution in [-0.2, 0) is 4.79 Å². The number of carbonyl (C=O) groups is 1. The van der Waals surface area contributed by atoms with Crippen molar-refractivity contribution >= 4 is 17.9 Å². The fourth-order valence-corrected chi connectivity index (χ4v) is 1.73.